The molecule has 1 unspecified atom stereocenters. The standard InChI is InChI=1S/C34H37N5O5/c1-4-44-33(41)28-20-39(19-22-7-8-22)29-16-21(10-12-27(29)26(28)6-5-13-40)9-11-24-14-23(17-30(42-2)31(24)43-3)15-25-18-37-34(36)38-32(25)35/h10,12-14,16-18,20,22,26H,4-8,15,19H2,1-3H3,(H4,35,36,37,38). The molecule has 228 valence electrons. The quantitative estimate of drug-likeness (QED) is 0.186. The number of nitrogens with two attached hydrogens (primary N) is 2. The molecule has 0 radical (unpaired) electrons. The summed E-state index contributed by atoms with van der Waals surface area (Å²) in [6, 6.07) is 9.83. The van der Waals surface area contributed by atoms with Crippen molar-refractivity contribution in [3.63, 3.8) is 0 Å². The number of nitrogen functional groups attached to an aromatic ring is 2. The van der Waals surface area contributed by atoms with E-state index in [1.165, 1.54) is 0 Å². The van der Waals surface area contributed by atoms with Gasteiger partial charge in [0.05, 0.1) is 32.0 Å². The van der Waals surface area contributed by atoms with Crippen LogP contribution in [0.25, 0.3) is 0 Å². The molecule has 0 amide bonds. The van der Waals surface area contributed by atoms with E-state index in [0.29, 0.717) is 53.6 Å². The summed E-state index contributed by atoms with van der Waals surface area (Å²) in [4.78, 5) is 34.6. The van der Waals surface area contributed by atoms with Gasteiger partial charge in [-0.1, -0.05) is 17.9 Å². The van der Waals surface area contributed by atoms with E-state index in [2.05, 4.69) is 32.8 Å². The Kier molecular flexibility index (Phi) is 9.34. The van der Waals surface area contributed by atoms with Gasteiger partial charge < -0.3 is 35.4 Å². The summed E-state index contributed by atoms with van der Waals surface area (Å²) in [5.41, 5.74) is 17.4. The van der Waals surface area contributed by atoms with Crippen LogP contribution in [-0.2, 0) is 20.7 Å². The van der Waals surface area contributed by atoms with Gasteiger partial charge in [-0.15, -0.1) is 0 Å². The van der Waals surface area contributed by atoms with Crippen LogP contribution in [-0.4, -0.2) is 49.6 Å². The Bertz CT molecular complexity index is 1650. The zero-order valence-electron chi connectivity index (χ0n) is 25.3. The molecular weight excluding hydrogens is 558 g/mol. The first-order chi connectivity index (χ1) is 21.3. The molecular formula is C34H37N5O5. The molecule has 3 aromatic rings. The Morgan fingerprint density at radius 2 is 1.95 bits per heavy atom. The first kappa shape index (κ1) is 30.4. The molecule has 2 aliphatic rings. The van der Waals surface area contributed by atoms with Crippen LogP contribution in [0, 0.1) is 17.8 Å². The topological polar surface area (TPSA) is 143 Å². The molecule has 5 rings (SSSR count). The minimum Gasteiger partial charge on any atom is -0.493 e. The molecule has 10 heteroatoms. The SMILES string of the molecule is CCOC(=O)C1=CN(CC2CC2)c2cc(C#Cc3cc(Cc4cnc(N)nc4N)cc(OC)c3OC)ccc2C1CCC=O. The number of benzene rings is 2. The Labute approximate surface area is 257 Å². The average Bonchev–Trinajstić information content (AvgIpc) is 3.84. The molecule has 0 saturated heterocycles. The maximum atomic E-state index is 13.0. The summed E-state index contributed by atoms with van der Waals surface area (Å²) in [7, 11) is 3.16. The summed E-state index contributed by atoms with van der Waals surface area (Å²) in [6.45, 7) is 2.89. The smallest absolute Gasteiger partial charge is 0.336 e. The number of hydrogen-bond donors (Lipinski definition) is 2. The fraction of sp³-hybridized carbons (Fsp3) is 0.353. The van der Waals surface area contributed by atoms with Crippen LogP contribution in [0.2, 0.25) is 0 Å². The summed E-state index contributed by atoms with van der Waals surface area (Å²) in [5, 5.41) is 0. The normalized spacial score (nSPS) is 15.4. The van der Waals surface area contributed by atoms with Crippen LogP contribution in [0.3, 0.4) is 0 Å². The third-order valence-corrected chi connectivity index (χ3v) is 7.81. The Hall–Kier alpha value is -5.04. The minimum atomic E-state index is -0.341. The number of anilines is 3. The highest BCUT2D eigenvalue weighted by Crippen LogP contribution is 2.43. The van der Waals surface area contributed by atoms with Gasteiger partial charge in [0.25, 0.3) is 0 Å². The van der Waals surface area contributed by atoms with Gasteiger partial charge >= 0.3 is 5.97 Å². The predicted octanol–water partition coefficient (Wildman–Crippen LogP) is 4.39. The Morgan fingerprint density at radius 3 is 2.64 bits per heavy atom. The van der Waals surface area contributed by atoms with E-state index < -0.39 is 0 Å². The van der Waals surface area contributed by atoms with Gasteiger partial charge in [-0.3, -0.25) is 0 Å². The van der Waals surface area contributed by atoms with E-state index in [1.807, 2.05) is 30.5 Å². The van der Waals surface area contributed by atoms with Gasteiger partial charge in [-0.25, -0.2) is 9.78 Å². The van der Waals surface area contributed by atoms with Crippen LogP contribution in [0.4, 0.5) is 17.5 Å². The molecule has 4 N–H and O–H groups in total. The van der Waals surface area contributed by atoms with Crippen molar-refractivity contribution in [2.45, 2.75) is 44.9 Å². The third kappa shape index (κ3) is 6.78. The third-order valence-electron chi connectivity index (χ3n) is 7.81. The summed E-state index contributed by atoms with van der Waals surface area (Å²) >= 11 is 0. The van der Waals surface area contributed by atoms with Gasteiger partial charge in [-0.2, -0.15) is 4.98 Å². The molecule has 1 saturated carbocycles. The van der Waals surface area contributed by atoms with E-state index in [-0.39, 0.29) is 24.4 Å². The van der Waals surface area contributed by atoms with E-state index in [4.69, 9.17) is 25.7 Å². The molecule has 1 fully saturated rings. The number of methoxy groups -OCH3 is 2. The monoisotopic (exact) mass is 595 g/mol. The fourth-order valence-corrected chi connectivity index (χ4v) is 5.49. The fourth-order valence-electron chi connectivity index (χ4n) is 5.49. The molecule has 10 nitrogen and oxygen atoms in total. The second kappa shape index (κ2) is 13.5. The van der Waals surface area contributed by atoms with Crippen molar-refractivity contribution in [3.8, 4) is 23.3 Å². The number of hydrogen-bond acceptors (Lipinski definition) is 10. The van der Waals surface area contributed by atoms with Crippen LogP contribution in [0.15, 0.2) is 48.3 Å². The zero-order chi connectivity index (χ0) is 31.2. The van der Waals surface area contributed by atoms with Gasteiger partial charge in [0.1, 0.15) is 12.1 Å². The van der Waals surface area contributed by atoms with Crippen LogP contribution in [0.1, 0.15) is 66.3 Å². The number of carbonyl (C=O) groups excluding carboxylic acids is 2. The summed E-state index contributed by atoms with van der Waals surface area (Å²) in [5.74, 6) is 8.07. The second-order valence-electron chi connectivity index (χ2n) is 10.9. The molecule has 44 heavy (non-hydrogen) atoms. The maximum absolute atomic E-state index is 13.0. The van der Waals surface area contributed by atoms with E-state index in [9.17, 15) is 9.59 Å². The number of aldehydes is 1. The summed E-state index contributed by atoms with van der Waals surface area (Å²) < 4.78 is 16.7. The van der Waals surface area contributed by atoms with Gasteiger partial charge in [0.2, 0.25) is 5.95 Å². The van der Waals surface area contributed by atoms with Crippen molar-refractivity contribution >= 4 is 29.7 Å². The molecule has 1 atom stereocenters. The predicted molar refractivity (Wildman–Crippen MR) is 168 cm³/mol. The molecule has 1 aliphatic carbocycles. The molecule has 0 bridgehead atoms. The van der Waals surface area contributed by atoms with E-state index in [0.717, 1.165) is 53.6 Å². The highest BCUT2D eigenvalue weighted by molar-refractivity contribution is 5.93. The number of carbonyl (C=O) groups is 2. The largest absolute Gasteiger partial charge is 0.493 e. The van der Waals surface area contributed by atoms with E-state index >= 15 is 0 Å². The molecule has 2 aromatic carbocycles. The van der Waals surface area contributed by atoms with Crippen LogP contribution in [0.5, 0.6) is 11.5 Å². The lowest BCUT2D eigenvalue weighted by molar-refractivity contribution is -0.139. The molecule has 1 aliphatic heterocycles. The summed E-state index contributed by atoms with van der Waals surface area (Å²) in [6.07, 6.45) is 8.06. The number of aromatic nitrogens is 2. The second-order valence-corrected chi connectivity index (χ2v) is 10.9. The van der Waals surface area contributed by atoms with Crippen LogP contribution < -0.4 is 25.8 Å². The molecule has 0 spiro atoms. The number of ether oxygens (including phenoxy) is 3. The zero-order valence-corrected chi connectivity index (χ0v) is 25.3. The van der Waals surface area contributed by atoms with Gasteiger partial charge in [-0.05, 0) is 67.5 Å². The lowest BCUT2D eigenvalue weighted by Crippen LogP contribution is -2.30. The van der Waals surface area contributed by atoms with Crippen molar-refractivity contribution in [2.75, 3.05) is 43.7 Å². The van der Waals surface area contributed by atoms with Crippen molar-refractivity contribution in [1.82, 2.24) is 9.97 Å². The Balaban J connectivity index is 1.52. The first-order valence-corrected chi connectivity index (χ1v) is 14.7. The van der Waals surface area contributed by atoms with Crippen molar-refractivity contribution < 1.29 is 23.8 Å². The molecule has 1 aromatic heterocycles. The van der Waals surface area contributed by atoms with Crippen molar-refractivity contribution in [1.29, 1.82) is 0 Å². The number of fused-ring (bicyclic) bond motifs is 1. The number of esters is 1. The lowest BCUT2D eigenvalue weighted by atomic mass is 9.83. The highest BCUT2D eigenvalue weighted by Gasteiger charge is 2.34. The van der Waals surface area contributed by atoms with Crippen LogP contribution >= 0.6 is 0 Å². The minimum absolute atomic E-state index is 0.119. The van der Waals surface area contributed by atoms with Gasteiger partial charge in [0, 0.05) is 54.5 Å². The highest BCUT2D eigenvalue weighted by atomic mass is 16.5. The average molecular weight is 596 g/mol. The number of nitrogens with zero attached hydrogens (tertiary/aromatic N) is 3. The van der Waals surface area contributed by atoms with E-state index in [1.54, 1.807) is 27.3 Å². The maximum Gasteiger partial charge on any atom is 0.336 e. The lowest BCUT2D eigenvalue weighted by Gasteiger charge is -2.34. The van der Waals surface area contributed by atoms with Gasteiger partial charge in [0.15, 0.2) is 11.5 Å². The number of rotatable bonds is 11. The van der Waals surface area contributed by atoms with Crippen molar-refractivity contribution in [3.05, 3.63) is 76.1 Å². The molecule has 2 heterocycles. The Morgan fingerprint density at radius 1 is 1.14 bits per heavy atom. The van der Waals surface area contributed by atoms with Crippen molar-refractivity contribution in [2.24, 2.45) is 5.92 Å². The first-order valence-electron chi connectivity index (χ1n) is 14.7.